The number of rotatable bonds is 5. The SMILES string of the molecule is C=C(C)C(=O)NC(C)(C)CC[N+](C)(C)C.[Cl-]. The van der Waals surface area contributed by atoms with Crippen LogP contribution in [0, 0.1) is 0 Å². The topological polar surface area (TPSA) is 29.1 Å². The van der Waals surface area contributed by atoms with E-state index in [4.69, 9.17) is 0 Å². The fourth-order valence-electron chi connectivity index (χ4n) is 1.09. The standard InChI is InChI=1S/C12H24N2O.ClH/c1-10(2)11(15)13-12(3,4)8-9-14(5,6)7;/h1,8-9H2,2-7H3;1H. The molecule has 0 unspecified atom stereocenters. The summed E-state index contributed by atoms with van der Waals surface area (Å²) in [6.45, 7) is 10.5. The summed E-state index contributed by atoms with van der Waals surface area (Å²) in [6, 6.07) is 0. The lowest BCUT2D eigenvalue weighted by molar-refractivity contribution is -0.870. The second kappa shape index (κ2) is 6.26. The second-order valence-corrected chi connectivity index (χ2v) is 5.88. The molecule has 96 valence electrons. The van der Waals surface area contributed by atoms with Crippen molar-refractivity contribution < 1.29 is 21.7 Å². The first-order valence-corrected chi connectivity index (χ1v) is 5.32. The zero-order valence-electron chi connectivity index (χ0n) is 11.4. The van der Waals surface area contributed by atoms with Crippen molar-refractivity contribution in [1.82, 2.24) is 5.32 Å². The first-order valence-electron chi connectivity index (χ1n) is 5.32. The maximum absolute atomic E-state index is 11.5. The van der Waals surface area contributed by atoms with Crippen molar-refractivity contribution in [1.29, 1.82) is 0 Å². The maximum atomic E-state index is 11.5. The average molecular weight is 249 g/mol. The van der Waals surface area contributed by atoms with Gasteiger partial charge in [0.2, 0.25) is 5.91 Å². The summed E-state index contributed by atoms with van der Waals surface area (Å²) in [4.78, 5) is 11.5. The van der Waals surface area contributed by atoms with Crippen molar-refractivity contribution in [3.05, 3.63) is 12.2 Å². The zero-order chi connectivity index (χ0) is 12.3. The Bertz CT molecular complexity index is 254. The van der Waals surface area contributed by atoms with Crippen LogP contribution in [0.15, 0.2) is 12.2 Å². The number of hydrogen-bond donors (Lipinski definition) is 1. The molecule has 16 heavy (non-hydrogen) atoms. The van der Waals surface area contributed by atoms with Crippen molar-refractivity contribution in [2.45, 2.75) is 32.7 Å². The Hall–Kier alpha value is -0.540. The molecule has 0 aromatic carbocycles. The van der Waals surface area contributed by atoms with Crippen molar-refractivity contribution in [3.8, 4) is 0 Å². The lowest BCUT2D eigenvalue weighted by Crippen LogP contribution is -3.00. The number of nitrogens with one attached hydrogen (secondary N) is 1. The van der Waals surface area contributed by atoms with Gasteiger partial charge >= 0.3 is 0 Å². The Kier molecular flexibility index (Phi) is 6.98. The van der Waals surface area contributed by atoms with Crippen molar-refractivity contribution in [3.63, 3.8) is 0 Å². The molecule has 0 aliphatic carbocycles. The molecule has 0 aliphatic rings. The van der Waals surface area contributed by atoms with E-state index in [1.807, 2.05) is 13.8 Å². The van der Waals surface area contributed by atoms with E-state index in [9.17, 15) is 4.79 Å². The van der Waals surface area contributed by atoms with Crippen molar-refractivity contribution in [2.75, 3.05) is 27.7 Å². The van der Waals surface area contributed by atoms with Gasteiger partial charge in [-0.25, -0.2) is 0 Å². The molecule has 0 aliphatic heterocycles. The molecule has 0 saturated heterocycles. The summed E-state index contributed by atoms with van der Waals surface area (Å²) in [5, 5.41) is 2.98. The van der Waals surface area contributed by atoms with Gasteiger partial charge in [0, 0.05) is 17.5 Å². The Morgan fingerprint density at radius 2 is 1.75 bits per heavy atom. The number of nitrogens with zero attached hydrogens (tertiary/aromatic N) is 1. The van der Waals surface area contributed by atoms with Crippen LogP contribution in [0.25, 0.3) is 0 Å². The summed E-state index contributed by atoms with van der Waals surface area (Å²) in [6.07, 6.45) is 0.954. The molecule has 0 bridgehead atoms. The van der Waals surface area contributed by atoms with E-state index in [0.717, 1.165) is 17.4 Å². The van der Waals surface area contributed by atoms with Gasteiger partial charge in [0.25, 0.3) is 0 Å². The minimum atomic E-state index is -0.165. The van der Waals surface area contributed by atoms with Gasteiger partial charge in [0.05, 0.1) is 27.7 Å². The van der Waals surface area contributed by atoms with Crippen LogP contribution in [0.5, 0.6) is 0 Å². The molecule has 0 saturated carbocycles. The van der Waals surface area contributed by atoms with Gasteiger partial charge in [-0.3, -0.25) is 4.79 Å². The van der Waals surface area contributed by atoms with Crippen LogP contribution in [-0.4, -0.2) is 43.6 Å². The van der Waals surface area contributed by atoms with Crippen molar-refractivity contribution in [2.24, 2.45) is 0 Å². The summed E-state index contributed by atoms with van der Waals surface area (Å²) in [5.74, 6) is -0.0543. The fraction of sp³-hybridized carbons (Fsp3) is 0.750. The molecular formula is C12H25ClN2O. The highest BCUT2D eigenvalue weighted by atomic mass is 35.5. The summed E-state index contributed by atoms with van der Waals surface area (Å²) >= 11 is 0. The van der Waals surface area contributed by atoms with Crippen LogP contribution in [0.4, 0.5) is 0 Å². The summed E-state index contributed by atoms with van der Waals surface area (Å²) in [7, 11) is 6.45. The Morgan fingerprint density at radius 3 is 2.06 bits per heavy atom. The third-order valence-corrected chi connectivity index (χ3v) is 2.25. The third kappa shape index (κ3) is 8.74. The van der Waals surface area contributed by atoms with E-state index in [0.29, 0.717) is 5.57 Å². The van der Waals surface area contributed by atoms with E-state index in [1.54, 1.807) is 6.92 Å². The van der Waals surface area contributed by atoms with Gasteiger partial charge in [0.15, 0.2) is 0 Å². The van der Waals surface area contributed by atoms with E-state index >= 15 is 0 Å². The quantitative estimate of drug-likeness (QED) is 0.469. The molecule has 1 N–H and O–H groups in total. The third-order valence-electron chi connectivity index (χ3n) is 2.25. The lowest BCUT2D eigenvalue weighted by Gasteiger charge is -2.31. The Balaban J connectivity index is 0. The number of hydrogen-bond acceptors (Lipinski definition) is 1. The average Bonchev–Trinajstić information content (AvgIpc) is 1.99. The highest BCUT2D eigenvalue weighted by molar-refractivity contribution is 5.92. The molecule has 0 rings (SSSR count). The number of amides is 1. The Morgan fingerprint density at radius 1 is 1.31 bits per heavy atom. The van der Waals surface area contributed by atoms with Gasteiger partial charge in [-0.2, -0.15) is 0 Å². The summed E-state index contributed by atoms with van der Waals surface area (Å²) in [5.41, 5.74) is 0.398. The van der Waals surface area contributed by atoms with E-state index in [-0.39, 0.29) is 23.9 Å². The monoisotopic (exact) mass is 248 g/mol. The molecule has 1 amide bonds. The fourth-order valence-corrected chi connectivity index (χ4v) is 1.09. The number of carbonyl (C=O) groups excluding carboxylic acids is 1. The van der Waals surface area contributed by atoms with Gasteiger partial charge in [-0.15, -0.1) is 0 Å². The first kappa shape index (κ1) is 17.8. The molecule has 0 atom stereocenters. The number of halogens is 1. The molecule has 0 spiro atoms. The molecule has 0 radical (unpaired) electrons. The van der Waals surface area contributed by atoms with E-state index in [2.05, 4.69) is 33.0 Å². The first-order chi connectivity index (χ1) is 6.53. The van der Waals surface area contributed by atoms with Gasteiger partial charge in [0.1, 0.15) is 0 Å². The number of carbonyl (C=O) groups is 1. The van der Waals surface area contributed by atoms with Gasteiger partial charge in [-0.05, 0) is 20.8 Å². The smallest absolute Gasteiger partial charge is 0.246 e. The van der Waals surface area contributed by atoms with Crippen LogP contribution < -0.4 is 17.7 Å². The zero-order valence-corrected chi connectivity index (χ0v) is 12.1. The Labute approximate surface area is 106 Å². The highest BCUT2D eigenvalue weighted by Gasteiger charge is 2.23. The molecule has 3 nitrogen and oxygen atoms in total. The minimum Gasteiger partial charge on any atom is -1.00 e. The van der Waals surface area contributed by atoms with Crippen LogP contribution in [0.3, 0.4) is 0 Å². The summed E-state index contributed by atoms with van der Waals surface area (Å²) < 4.78 is 0.909. The van der Waals surface area contributed by atoms with Gasteiger partial charge in [-0.1, -0.05) is 6.58 Å². The maximum Gasteiger partial charge on any atom is 0.246 e. The molecule has 0 fully saturated rings. The van der Waals surface area contributed by atoms with Crippen LogP contribution in [0.1, 0.15) is 27.2 Å². The number of quaternary nitrogens is 1. The molecule has 0 aromatic heterocycles. The minimum absolute atomic E-state index is 0. The van der Waals surface area contributed by atoms with Crippen LogP contribution >= 0.6 is 0 Å². The predicted molar refractivity (Wildman–Crippen MR) is 64.6 cm³/mol. The van der Waals surface area contributed by atoms with E-state index < -0.39 is 0 Å². The predicted octanol–water partition coefficient (Wildman–Crippen LogP) is -1.44. The van der Waals surface area contributed by atoms with E-state index in [1.165, 1.54) is 0 Å². The molecule has 0 aromatic rings. The lowest BCUT2D eigenvalue weighted by atomic mass is 9.99. The van der Waals surface area contributed by atoms with Crippen molar-refractivity contribution >= 4 is 5.91 Å². The van der Waals surface area contributed by atoms with Gasteiger partial charge < -0.3 is 22.2 Å². The molecular weight excluding hydrogens is 224 g/mol. The largest absolute Gasteiger partial charge is 1.00 e. The van der Waals surface area contributed by atoms with Crippen LogP contribution in [-0.2, 0) is 4.79 Å². The molecule has 4 heteroatoms. The highest BCUT2D eigenvalue weighted by Crippen LogP contribution is 2.11. The normalized spacial score (nSPS) is 11.6. The second-order valence-electron chi connectivity index (χ2n) is 5.88. The van der Waals surface area contributed by atoms with Crippen LogP contribution in [0.2, 0.25) is 0 Å². The molecule has 0 heterocycles.